The molecule has 0 aliphatic rings. The van der Waals surface area contributed by atoms with Gasteiger partial charge in [-0.1, -0.05) is 0 Å². The monoisotopic (exact) mass is 345 g/mol. The molecule has 3 rings (SSSR count). The molecule has 0 aliphatic carbocycles. The van der Waals surface area contributed by atoms with Gasteiger partial charge in [0.1, 0.15) is 0 Å². The van der Waals surface area contributed by atoms with Gasteiger partial charge in [0.2, 0.25) is 0 Å². The van der Waals surface area contributed by atoms with Crippen LogP contribution >= 0.6 is 0 Å². The number of benzene rings is 2. The Morgan fingerprint density at radius 3 is 2.25 bits per heavy atom. The molecule has 1 N–H and O–H groups in total. The molecule has 0 bridgehead atoms. The Morgan fingerprint density at radius 1 is 1.04 bits per heavy atom. The van der Waals surface area contributed by atoms with Crippen molar-refractivity contribution in [3.8, 4) is 11.3 Å². The molecule has 0 fully saturated rings. The van der Waals surface area contributed by atoms with E-state index >= 15 is 0 Å². The molecule has 0 aliphatic heterocycles. The number of nitro groups is 1. The number of rotatable bonds is 5. The minimum atomic E-state index is -3.83. The van der Waals surface area contributed by atoms with Gasteiger partial charge in [-0.25, -0.2) is 13.4 Å². The quantitative estimate of drug-likeness (QED) is 0.561. The van der Waals surface area contributed by atoms with E-state index in [1.165, 1.54) is 18.5 Å². The zero-order valence-electron chi connectivity index (χ0n) is 12.1. The molecule has 0 unspecified atom stereocenters. The predicted molar refractivity (Wildman–Crippen MR) is 85.8 cm³/mol. The fourth-order valence-corrected chi connectivity index (χ4v) is 3.08. The summed E-state index contributed by atoms with van der Waals surface area (Å²) in [6.45, 7) is 0. The summed E-state index contributed by atoms with van der Waals surface area (Å²) in [7, 11) is -3.83. The standard InChI is InChI=1S/C15H11N3O5S/c19-18(20)13-5-7-14(8-6-13)24(21,22)17-12-3-1-11(2-4-12)15-9-16-10-23-15/h1-10,17H. The highest BCUT2D eigenvalue weighted by Crippen LogP contribution is 2.23. The zero-order valence-corrected chi connectivity index (χ0v) is 12.9. The number of sulfonamides is 1. The lowest BCUT2D eigenvalue weighted by atomic mass is 10.2. The van der Waals surface area contributed by atoms with Crippen LogP contribution in [-0.2, 0) is 10.0 Å². The highest BCUT2D eigenvalue weighted by Gasteiger charge is 2.16. The predicted octanol–water partition coefficient (Wildman–Crippen LogP) is 3.05. The lowest BCUT2D eigenvalue weighted by Gasteiger charge is -2.08. The summed E-state index contributed by atoms with van der Waals surface area (Å²) in [5.41, 5.74) is 0.938. The summed E-state index contributed by atoms with van der Waals surface area (Å²) in [4.78, 5) is 13.8. The van der Waals surface area contributed by atoms with Crippen molar-refractivity contribution < 1.29 is 17.8 Å². The van der Waals surface area contributed by atoms with Crippen LogP contribution in [0.4, 0.5) is 11.4 Å². The molecule has 0 amide bonds. The minimum absolute atomic E-state index is 0.0626. The summed E-state index contributed by atoms with van der Waals surface area (Å²) < 4.78 is 32.1. The van der Waals surface area contributed by atoms with Gasteiger partial charge in [-0.3, -0.25) is 14.8 Å². The topological polar surface area (TPSA) is 115 Å². The van der Waals surface area contributed by atoms with E-state index in [9.17, 15) is 18.5 Å². The second kappa shape index (κ2) is 6.13. The van der Waals surface area contributed by atoms with Crippen molar-refractivity contribution in [1.82, 2.24) is 4.98 Å². The van der Waals surface area contributed by atoms with Crippen LogP contribution in [0, 0.1) is 10.1 Å². The molecule has 9 heteroatoms. The zero-order chi connectivity index (χ0) is 17.2. The molecule has 0 saturated heterocycles. The molecule has 1 aromatic heterocycles. The van der Waals surface area contributed by atoms with Crippen LogP contribution in [-0.4, -0.2) is 18.3 Å². The highest BCUT2D eigenvalue weighted by atomic mass is 32.2. The van der Waals surface area contributed by atoms with Gasteiger partial charge in [-0.15, -0.1) is 0 Å². The average molecular weight is 345 g/mol. The van der Waals surface area contributed by atoms with E-state index in [2.05, 4.69) is 9.71 Å². The maximum Gasteiger partial charge on any atom is 0.269 e. The first kappa shape index (κ1) is 15.7. The fourth-order valence-electron chi connectivity index (χ4n) is 2.02. The van der Waals surface area contributed by atoms with Gasteiger partial charge in [0.05, 0.1) is 16.0 Å². The molecule has 0 radical (unpaired) electrons. The summed E-state index contributed by atoms with van der Waals surface area (Å²) in [6.07, 6.45) is 2.86. The smallest absolute Gasteiger partial charge is 0.269 e. The van der Waals surface area contributed by atoms with E-state index in [-0.39, 0.29) is 10.6 Å². The number of hydrogen-bond acceptors (Lipinski definition) is 6. The van der Waals surface area contributed by atoms with Gasteiger partial charge in [0, 0.05) is 23.4 Å². The molecule has 0 spiro atoms. The molecule has 8 nitrogen and oxygen atoms in total. The van der Waals surface area contributed by atoms with E-state index in [1.807, 2.05) is 0 Å². The summed E-state index contributed by atoms with van der Waals surface area (Å²) >= 11 is 0. The van der Waals surface area contributed by atoms with Gasteiger partial charge < -0.3 is 4.42 Å². The van der Waals surface area contributed by atoms with Crippen LogP contribution in [0.3, 0.4) is 0 Å². The van der Waals surface area contributed by atoms with E-state index in [1.54, 1.807) is 30.5 Å². The van der Waals surface area contributed by atoms with Gasteiger partial charge in [0.25, 0.3) is 15.7 Å². The number of nitrogens with one attached hydrogen (secondary N) is 1. The molecule has 3 aromatic rings. The van der Waals surface area contributed by atoms with Crippen molar-refractivity contribution in [2.75, 3.05) is 4.72 Å². The first-order valence-electron chi connectivity index (χ1n) is 6.72. The number of non-ortho nitro benzene ring substituents is 1. The number of oxazole rings is 1. The van der Waals surface area contributed by atoms with Crippen LogP contribution in [0.25, 0.3) is 11.3 Å². The summed E-state index contributed by atoms with van der Waals surface area (Å²) in [5, 5.41) is 10.6. The third-order valence-electron chi connectivity index (χ3n) is 3.21. The number of anilines is 1. The van der Waals surface area contributed by atoms with E-state index in [0.29, 0.717) is 11.4 Å². The Morgan fingerprint density at radius 2 is 1.71 bits per heavy atom. The van der Waals surface area contributed by atoms with E-state index < -0.39 is 14.9 Å². The Bertz CT molecular complexity index is 949. The van der Waals surface area contributed by atoms with Crippen molar-refractivity contribution in [2.24, 2.45) is 0 Å². The molecule has 122 valence electrons. The molecular formula is C15H11N3O5S. The molecule has 0 atom stereocenters. The van der Waals surface area contributed by atoms with Gasteiger partial charge in [0.15, 0.2) is 12.2 Å². The van der Waals surface area contributed by atoms with Crippen LogP contribution < -0.4 is 4.72 Å². The van der Waals surface area contributed by atoms with Crippen LogP contribution in [0.2, 0.25) is 0 Å². The Hall–Kier alpha value is -3.20. The van der Waals surface area contributed by atoms with Crippen molar-refractivity contribution >= 4 is 21.4 Å². The third-order valence-corrected chi connectivity index (χ3v) is 4.61. The van der Waals surface area contributed by atoms with Crippen molar-refractivity contribution in [1.29, 1.82) is 0 Å². The summed E-state index contributed by atoms with van der Waals surface area (Å²) in [5.74, 6) is 0.569. The normalized spacial score (nSPS) is 11.2. The Balaban J connectivity index is 1.80. The molecule has 1 heterocycles. The Labute approximate surface area is 137 Å². The minimum Gasteiger partial charge on any atom is -0.444 e. The molecule has 0 saturated carbocycles. The number of nitrogens with zero attached hydrogens (tertiary/aromatic N) is 2. The number of hydrogen-bond donors (Lipinski definition) is 1. The molecule has 24 heavy (non-hydrogen) atoms. The summed E-state index contributed by atoms with van der Waals surface area (Å²) in [6, 6.07) is 11.2. The largest absolute Gasteiger partial charge is 0.444 e. The van der Waals surface area contributed by atoms with Crippen LogP contribution in [0.15, 0.2) is 70.4 Å². The fraction of sp³-hybridized carbons (Fsp3) is 0. The Kier molecular flexibility index (Phi) is 4.00. The van der Waals surface area contributed by atoms with Crippen molar-refractivity contribution in [3.05, 3.63) is 71.2 Å². The average Bonchev–Trinajstić information content (AvgIpc) is 3.10. The number of aromatic nitrogens is 1. The maximum atomic E-state index is 12.3. The number of nitro benzene ring substituents is 1. The lowest BCUT2D eigenvalue weighted by molar-refractivity contribution is -0.384. The lowest BCUT2D eigenvalue weighted by Crippen LogP contribution is -2.12. The van der Waals surface area contributed by atoms with Crippen molar-refractivity contribution in [3.63, 3.8) is 0 Å². The van der Waals surface area contributed by atoms with Crippen LogP contribution in [0.1, 0.15) is 0 Å². The second-order valence-electron chi connectivity index (χ2n) is 4.80. The van der Waals surface area contributed by atoms with Gasteiger partial charge in [-0.2, -0.15) is 0 Å². The van der Waals surface area contributed by atoms with Crippen molar-refractivity contribution in [2.45, 2.75) is 4.90 Å². The van der Waals surface area contributed by atoms with E-state index in [0.717, 1.165) is 17.7 Å². The molecular weight excluding hydrogens is 334 g/mol. The first-order valence-corrected chi connectivity index (χ1v) is 8.20. The van der Waals surface area contributed by atoms with Gasteiger partial charge >= 0.3 is 0 Å². The molecule has 2 aromatic carbocycles. The van der Waals surface area contributed by atoms with Gasteiger partial charge in [-0.05, 0) is 36.4 Å². The maximum absolute atomic E-state index is 12.3. The SMILES string of the molecule is O=[N+]([O-])c1ccc(S(=O)(=O)Nc2ccc(-c3cnco3)cc2)cc1. The van der Waals surface area contributed by atoms with Crippen LogP contribution in [0.5, 0.6) is 0 Å². The van der Waals surface area contributed by atoms with E-state index in [4.69, 9.17) is 4.42 Å². The first-order chi connectivity index (χ1) is 11.5. The third kappa shape index (κ3) is 3.25. The second-order valence-corrected chi connectivity index (χ2v) is 6.48. The highest BCUT2D eigenvalue weighted by molar-refractivity contribution is 7.92.